The van der Waals surface area contributed by atoms with Gasteiger partial charge in [-0.05, 0) is 0 Å². The Hall–Kier alpha value is -4.95. The van der Waals surface area contributed by atoms with Gasteiger partial charge in [-0.1, -0.05) is 97.1 Å². The summed E-state index contributed by atoms with van der Waals surface area (Å²) in [4.78, 5) is 36.8. The summed E-state index contributed by atoms with van der Waals surface area (Å²) in [5.41, 5.74) is 6.45. The van der Waals surface area contributed by atoms with Gasteiger partial charge >= 0.3 is 25.2 Å². The molecule has 9 rings (SSSR count). The summed E-state index contributed by atoms with van der Waals surface area (Å²) in [5, 5.41) is 3.82. The molecule has 4 aromatic carbocycles. The molecule has 2 N–H and O–H groups in total. The molecule has 0 spiro atoms. The molecular weight excluding hydrogens is 587 g/mol. The van der Waals surface area contributed by atoms with Gasteiger partial charge in [0.1, 0.15) is 22.6 Å². The number of aromatic amines is 2. The molecule has 0 unspecified atom stereocenters. The van der Waals surface area contributed by atoms with E-state index in [9.17, 15) is 0 Å². The third-order valence-corrected chi connectivity index (χ3v) is 7.46. The molecule has 8 nitrogen and oxygen atoms in total. The largest absolute Gasteiger partial charge is 0.324 e. The van der Waals surface area contributed by atoms with Crippen LogP contribution in [0, 0.1) is 0 Å². The molecular formula is C32H18ClMnN8. The van der Waals surface area contributed by atoms with E-state index in [1.54, 1.807) is 0 Å². The molecule has 0 fully saturated rings. The zero-order chi connectivity index (χ0) is 28.2. The number of benzene rings is 4. The Balaban J connectivity index is 0.00000131. The van der Waals surface area contributed by atoms with E-state index in [0.29, 0.717) is 45.9 Å². The Morgan fingerprint density at radius 3 is 0.857 bits per heavy atom. The van der Waals surface area contributed by atoms with E-state index in [4.69, 9.17) is 29.9 Å². The first kappa shape index (κ1) is 24.8. The minimum atomic E-state index is 0.597. The van der Waals surface area contributed by atoms with E-state index in [1.807, 2.05) is 97.1 Å². The first-order valence-electron chi connectivity index (χ1n) is 13.1. The fourth-order valence-corrected chi connectivity index (χ4v) is 5.59. The standard InChI is InChI=1S/C32H18N8.ClH.Mn/c1-2-10-18-17(9-1)25-33-26(18)38-28-21-13-5-6-14-22(21)30(35-28)40-32-24-16-8-7-15-23(24)31(36-32)39-29-20-12-4-3-11-19(20)27(34-29)37-25;;/h1-16H,(H2,33,34,35,36,37,38,39,40);1H;/q;;+1/p-1. The zero-order valence-corrected chi connectivity index (χ0v) is 23.6. The van der Waals surface area contributed by atoms with Crippen molar-refractivity contribution in [3.05, 3.63) is 97.1 Å². The number of aromatic nitrogens is 8. The van der Waals surface area contributed by atoms with Crippen LogP contribution in [0.3, 0.4) is 0 Å². The molecule has 2 aliphatic rings. The number of hydrogen-bond acceptors (Lipinski definition) is 6. The molecule has 7 aromatic rings. The summed E-state index contributed by atoms with van der Waals surface area (Å²) in [6, 6.07) is 32.2. The van der Waals surface area contributed by atoms with Gasteiger partial charge < -0.3 is 9.97 Å². The van der Waals surface area contributed by atoms with Crippen LogP contribution < -0.4 is 0 Å². The Morgan fingerprint density at radius 1 is 0.357 bits per heavy atom. The molecule has 200 valence electrons. The maximum Gasteiger partial charge on any atom is 0.164 e. The Morgan fingerprint density at radius 2 is 0.595 bits per heavy atom. The number of halogens is 1. The van der Waals surface area contributed by atoms with Crippen molar-refractivity contribution in [2.24, 2.45) is 0 Å². The smallest absolute Gasteiger partial charge is 0.164 e. The van der Waals surface area contributed by atoms with Crippen LogP contribution in [0.4, 0.5) is 0 Å². The van der Waals surface area contributed by atoms with E-state index in [-0.39, 0.29) is 0 Å². The Labute approximate surface area is 251 Å². The number of nitrogens with one attached hydrogen (secondary N) is 2. The van der Waals surface area contributed by atoms with E-state index < -0.39 is 0 Å². The van der Waals surface area contributed by atoms with Gasteiger partial charge in [-0.2, -0.15) is 0 Å². The molecule has 0 radical (unpaired) electrons. The van der Waals surface area contributed by atoms with Gasteiger partial charge in [0, 0.05) is 43.8 Å². The summed E-state index contributed by atoms with van der Waals surface area (Å²) in [5.74, 6) is 2.39. The average Bonchev–Trinajstić information content (AvgIpc) is 3.78. The van der Waals surface area contributed by atoms with Crippen molar-refractivity contribution in [1.29, 1.82) is 0 Å². The van der Waals surface area contributed by atoms with Crippen LogP contribution in [0.25, 0.3) is 89.7 Å². The second-order valence-electron chi connectivity index (χ2n) is 9.79. The second kappa shape index (κ2) is 9.85. The monoisotopic (exact) mass is 604 g/mol. The summed E-state index contributed by atoms with van der Waals surface area (Å²) >= 11 is 2.41. The quantitative estimate of drug-likeness (QED) is 0.173. The maximum absolute atomic E-state index is 5.02. The van der Waals surface area contributed by atoms with Gasteiger partial charge in [0.15, 0.2) is 23.3 Å². The number of H-pyrrole nitrogens is 2. The van der Waals surface area contributed by atoms with Crippen LogP contribution in [0.15, 0.2) is 97.1 Å². The molecule has 0 aliphatic carbocycles. The first-order chi connectivity index (χ1) is 20.8. The minimum Gasteiger partial charge on any atom is -0.324 e. The van der Waals surface area contributed by atoms with Crippen molar-refractivity contribution in [2.45, 2.75) is 0 Å². The molecule has 10 heteroatoms. The second-order valence-corrected chi connectivity index (χ2v) is 9.79. The van der Waals surface area contributed by atoms with E-state index in [0.717, 1.165) is 43.8 Å². The van der Waals surface area contributed by atoms with Crippen molar-refractivity contribution in [3.8, 4) is 45.6 Å². The van der Waals surface area contributed by atoms with Crippen LogP contribution in [0.5, 0.6) is 0 Å². The predicted molar refractivity (Wildman–Crippen MR) is 162 cm³/mol. The van der Waals surface area contributed by atoms with Crippen molar-refractivity contribution < 1.29 is 15.1 Å². The van der Waals surface area contributed by atoms with Crippen LogP contribution in [0.1, 0.15) is 0 Å². The Bertz CT molecular complexity index is 2040. The van der Waals surface area contributed by atoms with Gasteiger partial charge in [0.05, 0.1) is 0 Å². The van der Waals surface area contributed by atoms with Gasteiger partial charge in [-0.3, -0.25) is 0 Å². The molecule has 0 amide bonds. The topological polar surface area (TPSA) is 109 Å². The third kappa shape index (κ3) is 3.83. The molecule has 5 heterocycles. The van der Waals surface area contributed by atoms with Gasteiger partial charge in [0.2, 0.25) is 0 Å². The van der Waals surface area contributed by atoms with Crippen molar-refractivity contribution >= 4 is 54.2 Å². The van der Waals surface area contributed by atoms with Gasteiger partial charge in [0.25, 0.3) is 0 Å². The summed E-state index contributed by atoms with van der Waals surface area (Å²) in [6.45, 7) is 0. The SMILES string of the molecule is [Cl][Mn].c1ccc2c(c1)-c1nc-2nc2[nH]c(nc3nc(nc4[nH]c(n1)c1ccccc41)-c1ccccc1-3)c1ccccc21. The molecule has 42 heavy (non-hydrogen) atoms. The molecule has 0 saturated carbocycles. The van der Waals surface area contributed by atoms with Crippen LogP contribution in [0.2, 0.25) is 0 Å². The zero-order valence-electron chi connectivity index (χ0n) is 21.7. The van der Waals surface area contributed by atoms with Crippen molar-refractivity contribution in [1.82, 2.24) is 39.9 Å². The molecule has 2 aliphatic heterocycles. The van der Waals surface area contributed by atoms with E-state index in [1.165, 1.54) is 0 Å². The van der Waals surface area contributed by atoms with E-state index >= 15 is 0 Å². The molecule has 8 bridgehead atoms. The maximum atomic E-state index is 5.02. The van der Waals surface area contributed by atoms with Crippen LogP contribution in [-0.4, -0.2) is 39.9 Å². The van der Waals surface area contributed by atoms with Crippen LogP contribution >= 0.6 is 10.1 Å². The number of rotatable bonds is 0. The summed E-state index contributed by atoms with van der Waals surface area (Å²) in [7, 11) is 4.45. The van der Waals surface area contributed by atoms with Crippen molar-refractivity contribution in [3.63, 3.8) is 0 Å². The fourth-order valence-electron chi connectivity index (χ4n) is 5.59. The van der Waals surface area contributed by atoms with E-state index in [2.05, 4.69) is 35.2 Å². The van der Waals surface area contributed by atoms with Crippen LogP contribution in [-0.2, 0) is 15.1 Å². The summed E-state index contributed by atoms with van der Waals surface area (Å²) < 4.78 is 0. The molecule has 0 saturated heterocycles. The third-order valence-electron chi connectivity index (χ3n) is 7.46. The average molecular weight is 605 g/mol. The number of fused-ring (bicyclic) bond motifs is 20. The Kier molecular flexibility index (Phi) is 5.82. The summed E-state index contributed by atoms with van der Waals surface area (Å²) in [6.07, 6.45) is 0. The van der Waals surface area contributed by atoms with Gasteiger partial charge in [-0.15, -0.1) is 0 Å². The fraction of sp³-hybridized carbons (Fsp3) is 0. The minimum absolute atomic E-state index is 0.597. The van der Waals surface area contributed by atoms with Crippen molar-refractivity contribution in [2.75, 3.05) is 0 Å². The predicted octanol–water partition coefficient (Wildman–Crippen LogP) is 7.56. The first-order valence-corrected chi connectivity index (χ1v) is 14.8. The number of hydrogen-bond donors (Lipinski definition) is 2. The van der Waals surface area contributed by atoms with Gasteiger partial charge in [-0.25, -0.2) is 29.9 Å². The molecule has 3 aromatic heterocycles. The molecule has 0 atom stereocenters. The normalized spacial score (nSPS) is 11.6. The number of nitrogens with zero attached hydrogens (tertiary/aromatic N) is 6.